The Labute approximate surface area is 95.9 Å². The Bertz CT molecular complexity index is 374. The summed E-state index contributed by atoms with van der Waals surface area (Å²) in [6, 6.07) is 7.63. The van der Waals surface area contributed by atoms with Crippen molar-refractivity contribution >= 4 is 12.0 Å². The van der Waals surface area contributed by atoms with Crippen LogP contribution in [0.25, 0.3) is 6.08 Å². The number of carbonyl (C=O) groups excluding carboxylic acids is 1. The van der Waals surface area contributed by atoms with Crippen LogP contribution in [-0.2, 0) is 16.1 Å². The molecule has 0 aromatic heterocycles. The fourth-order valence-electron chi connectivity index (χ4n) is 1.08. The highest BCUT2D eigenvalue weighted by Crippen LogP contribution is 2.08. The molecule has 3 nitrogen and oxygen atoms in total. The van der Waals surface area contributed by atoms with Gasteiger partial charge in [0, 0.05) is 0 Å². The first-order valence-electron chi connectivity index (χ1n) is 5.11. The summed E-state index contributed by atoms with van der Waals surface area (Å²) in [6.07, 6.45) is 1.76. The van der Waals surface area contributed by atoms with E-state index in [9.17, 15) is 4.79 Å². The summed E-state index contributed by atoms with van der Waals surface area (Å²) in [4.78, 5) is 11.4. The van der Waals surface area contributed by atoms with E-state index in [2.05, 4.69) is 6.58 Å². The van der Waals surface area contributed by atoms with Crippen LogP contribution in [0, 0.1) is 0 Å². The van der Waals surface area contributed by atoms with Gasteiger partial charge in [-0.2, -0.15) is 0 Å². The minimum absolute atomic E-state index is 0.247. The van der Waals surface area contributed by atoms with E-state index in [1.807, 2.05) is 24.3 Å². The predicted octanol–water partition coefficient (Wildman–Crippen LogP) is 2.11. The Hall–Kier alpha value is -1.61. The number of hydrogen-bond acceptors (Lipinski definition) is 3. The average Bonchev–Trinajstić information content (AvgIpc) is 2.25. The summed E-state index contributed by atoms with van der Waals surface area (Å²) < 4.78 is 5.08. The molecule has 16 heavy (non-hydrogen) atoms. The molecule has 1 aromatic carbocycles. The van der Waals surface area contributed by atoms with Crippen LogP contribution in [0.2, 0.25) is 0 Å². The van der Waals surface area contributed by atoms with Crippen molar-refractivity contribution in [2.75, 3.05) is 0 Å². The monoisotopic (exact) mass is 219 g/mol. The third-order valence-electron chi connectivity index (χ3n) is 2.11. The van der Waals surface area contributed by atoms with Crippen LogP contribution < -0.4 is 5.73 Å². The first-order valence-corrected chi connectivity index (χ1v) is 5.11. The van der Waals surface area contributed by atoms with Crippen molar-refractivity contribution in [1.82, 2.24) is 0 Å². The van der Waals surface area contributed by atoms with Gasteiger partial charge in [0.2, 0.25) is 0 Å². The van der Waals surface area contributed by atoms with Crippen molar-refractivity contribution in [3.63, 3.8) is 0 Å². The van der Waals surface area contributed by atoms with Crippen LogP contribution in [-0.4, -0.2) is 11.5 Å². The summed E-state index contributed by atoms with van der Waals surface area (Å²) in [5, 5.41) is 0. The molecule has 0 aliphatic rings. The summed E-state index contributed by atoms with van der Waals surface area (Å²) in [7, 11) is 0. The molecular weight excluding hydrogens is 202 g/mol. The van der Waals surface area contributed by atoms with Gasteiger partial charge < -0.3 is 10.5 Å². The Morgan fingerprint density at radius 1 is 1.44 bits per heavy atom. The van der Waals surface area contributed by atoms with Crippen molar-refractivity contribution < 1.29 is 9.53 Å². The average molecular weight is 219 g/mol. The number of rotatable bonds is 4. The molecule has 1 rings (SSSR count). The molecule has 86 valence electrons. The number of carbonyl (C=O) groups is 1. The van der Waals surface area contributed by atoms with Gasteiger partial charge in [0.05, 0.1) is 0 Å². The van der Waals surface area contributed by atoms with E-state index >= 15 is 0 Å². The van der Waals surface area contributed by atoms with E-state index < -0.39 is 11.5 Å². The number of nitrogens with two attached hydrogens (primary N) is 1. The Balaban J connectivity index is 2.55. The number of ether oxygens (including phenoxy) is 1. The van der Waals surface area contributed by atoms with E-state index in [4.69, 9.17) is 10.5 Å². The normalized spacial score (nSPS) is 10.9. The van der Waals surface area contributed by atoms with Crippen molar-refractivity contribution in [3.8, 4) is 0 Å². The van der Waals surface area contributed by atoms with Gasteiger partial charge in [0.25, 0.3) is 0 Å². The van der Waals surface area contributed by atoms with E-state index in [1.54, 1.807) is 19.9 Å². The van der Waals surface area contributed by atoms with Gasteiger partial charge in [-0.3, -0.25) is 4.79 Å². The molecule has 3 heteroatoms. The molecule has 2 N–H and O–H groups in total. The molecule has 0 amide bonds. The fourth-order valence-corrected chi connectivity index (χ4v) is 1.08. The van der Waals surface area contributed by atoms with E-state index in [0.29, 0.717) is 0 Å². The number of esters is 1. The molecule has 0 unspecified atom stereocenters. The molecular formula is C13H17NO2. The maximum absolute atomic E-state index is 11.4. The second-order valence-corrected chi connectivity index (χ2v) is 4.24. The van der Waals surface area contributed by atoms with Gasteiger partial charge in [-0.15, -0.1) is 0 Å². The summed E-state index contributed by atoms with van der Waals surface area (Å²) in [6.45, 7) is 7.15. The molecule has 0 atom stereocenters. The third kappa shape index (κ3) is 3.51. The third-order valence-corrected chi connectivity index (χ3v) is 2.11. The summed E-state index contributed by atoms with van der Waals surface area (Å²) >= 11 is 0. The second-order valence-electron chi connectivity index (χ2n) is 4.24. The topological polar surface area (TPSA) is 52.3 Å². The minimum Gasteiger partial charge on any atom is -0.459 e. The molecule has 0 bridgehead atoms. The summed E-state index contributed by atoms with van der Waals surface area (Å²) in [5.74, 6) is -0.403. The van der Waals surface area contributed by atoms with Crippen molar-refractivity contribution in [1.29, 1.82) is 0 Å². The SMILES string of the molecule is C=Cc1ccc(COC(=O)C(C)(C)N)cc1. The molecule has 0 fully saturated rings. The van der Waals surface area contributed by atoms with Crippen LogP contribution >= 0.6 is 0 Å². The maximum Gasteiger partial charge on any atom is 0.325 e. The molecule has 1 aromatic rings. The maximum atomic E-state index is 11.4. The summed E-state index contributed by atoms with van der Waals surface area (Å²) in [5.41, 5.74) is 6.63. The van der Waals surface area contributed by atoms with Gasteiger partial charge in [0.1, 0.15) is 12.1 Å². The molecule has 0 aliphatic carbocycles. The number of benzene rings is 1. The predicted molar refractivity (Wildman–Crippen MR) is 64.6 cm³/mol. The lowest BCUT2D eigenvalue weighted by Gasteiger charge is -2.16. The minimum atomic E-state index is -0.943. The fraction of sp³-hybridized carbons (Fsp3) is 0.308. The largest absolute Gasteiger partial charge is 0.459 e. The molecule has 0 heterocycles. The van der Waals surface area contributed by atoms with E-state index in [1.165, 1.54) is 0 Å². The van der Waals surface area contributed by atoms with Gasteiger partial charge in [-0.05, 0) is 25.0 Å². The smallest absolute Gasteiger partial charge is 0.325 e. The van der Waals surface area contributed by atoms with Gasteiger partial charge in [0.15, 0.2) is 0 Å². The lowest BCUT2D eigenvalue weighted by molar-refractivity contribution is -0.150. The molecule has 0 spiro atoms. The first kappa shape index (κ1) is 12.5. The first-order chi connectivity index (χ1) is 7.43. The van der Waals surface area contributed by atoms with Gasteiger partial charge in [-0.1, -0.05) is 36.9 Å². The highest BCUT2D eigenvalue weighted by Gasteiger charge is 2.23. The number of hydrogen-bond donors (Lipinski definition) is 1. The highest BCUT2D eigenvalue weighted by molar-refractivity contribution is 5.79. The Morgan fingerprint density at radius 2 is 2.00 bits per heavy atom. The zero-order valence-corrected chi connectivity index (χ0v) is 9.69. The molecule has 0 radical (unpaired) electrons. The standard InChI is InChI=1S/C13H17NO2/c1-4-10-5-7-11(8-6-10)9-16-12(15)13(2,3)14/h4-8H,1,9,14H2,2-3H3. The van der Waals surface area contributed by atoms with Crippen molar-refractivity contribution in [3.05, 3.63) is 42.0 Å². The second kappa shape index (κ2) is 4.94. The highest BCUT2D eigenvalue weighted by atomic mass is 16.5. The lowest BCUT2D eigenvalue weighted by Crippen LogP contribution is -2.42. The molecule has 0 saturated heterocycles. The van der Waals surface area contributed by atoms with Crippen LogP contribution in [0.4, 0.5) is 0 Å². The molecule has 0 saturated carbocycles. The van der Waals surface area contributed by atoms with E-state index in [-0.39, 0.29) is 6.61 Å². The molecule has 0 aliphatic heterocycles. The zero-order chi connectivity index (χ0) is 12.2. The van der Waals surface area contributed by atoms with Crippen LogP contribution in [0.1, 0.15) is 25.0 Å². The van der Waals surface area contributed by atoms with Gasteiger partial charge >= 0.3 is 5.97 Å². The quantitative estimate of drug-likeness (QED) is 0.789. The van der Waals surface area contributed by atoms with Gasteiger partial charge in [-0.25, -0.2) is 0 Å². The Kier molecular flexibility index (Phi) is 3.85. The van der Waals surface area contributed by atoms with E-state index in [0.717, 1.165) is 11.1 Å². The van der Waals surface area contributed by atoms with Crippen LogP contribution in [0.5, 0.6) is 0 Å². The van der Waals surface area contributed by atoms with Crippen molar-refractivity contribution in [2.45, 2.75) is 26.0 Å². The lowest BCUT2D eigenvalue weighted by atomic mass is 10.1. The van der Waals surface area contributed by atoms with Crippen LogP contribution in [0.15, 0.2) is 30.8 Å². The van der Waals surface area contributed by atoms with Crippen LogP contribution in [0.3, 0.4) is 0 Å². The van der Waals surface area contributed by atoms with Crippen molar-refractivity contribution in [2.24, 2.45) is 5.73 Å². The zero-order valence-electron chi connectivity index (χ0n) is 9.69. The Morgan fingerprint density at radius 3 is 2.44 bits per heavy atom.